The van der Waals surface area contributed by atoms with Crippen molar-refractivity contribution in [3.05, 3.63) is 0 Å². The van der Waals surface area contributed by atoms with Crippen LogP contribution in [0.3, 0.4) is 0 Å². The summed E-state index contributed by atoms with van der Waals surface area (Å²) in [6.45, 7) is 3.49. The molecule has 2 heterocycles. The largest absolute Gasteiger partial charge is 0.388 e. The summed E-state index contributed by atoms with van der Waals surface area (Å²) in [5, 5.41) is 17.2. The van der Waals surface area contributed by atoms with E-state index >= 15 is 0 Å². The number of fused-ring (bicyclic) bond motifs is 2. The molecule has 3 rings (SSSR count). The van der Waals surface area contributed by atoms with E-state index in [-0.39, 0.29) is 0 Å². The quantitative estimate of drug-likeness (QED) is 0.544. The van der Waals surface area contributed by atoms with Gasteiger partial charge in [0, 0.05) is 24.7 Å². The molecule has 3 N–H and O–H groups in total. The number of aliphatic imine (C=N–C) groups is 1. The molecule has 22 heavy (non-hydrogen) atoms. The van der Waals surface area contributed by atoms with Crippen LogP contribution in [0.5, 0.6) is 0 Å². The zero-order valence-electron chi connectivity index (χ0n) is 14.1. The number of hydrogen-bond acceptors (Lipinski definition) is 3. The molecule has 2 bridgehead atoms. The first-order valence-electron chi connectivity index (χ1n) is 9.09. The molecule has 5 nitrogen and oxygen atoms in total. The van der Waals surface area contributed by atoms with Crippen LogP contribution in [-0.4, -0.2) is 59.8 Å². The monoisotopic (exact) mass is 308 g/mol. The van der Waals surface area contributed by atoms with Gasteiger partial charge in [-0.3, -0.25) is 4.99 Å². The third-order valence-electron chi connectivity index (χ3n) is 5.84. The van der Waals surface area contributed by atoms with Gasteiger partial charge in [0.05, 0.1) is 12.1 Å². The van der Waals surface area contributed by atoms with Crippen LogP contribution >= 0.6 is 0 Å². The van der Waals surface area contributed by atoms with E-state index in [2.05, 4.69) is 34.5 Å². The van der Waals surface area contributed by atoms with Crippen molar-refractivity contribution < 1.29 is 5.11 Å². The van der Waals surface area contributed by atoms with E-state index < -0.39 is 5.60 Å². The molecule has 0 radical (unpaired) electrons. The topological polar surface area (TPSA) is 59.9 Å². The fraction of sp³-hybridized carbons (Fsp3) is 0.941. The standard InChI is InChI=1S/C17H32N4O/c1-3-18-16(19-12-17(22)8-5-9-17)20-13-10-14-6-4-7-15(11-13)21(14)2/h13-15,22H,3-12H2,1-2H3,(H2,18,19,20). The zero-order chi connectivity index (χ0) is 15.6. The molecule has 2 saturated heterocycles. The summed E-state index contributed by atoms with van der Waals surface area (Å²) in [5.41, 5.74) is -0.536. The Morgan fingerprint density at radius 3 is 2.45 bits per heavy atom. The highest BCUT2D eigenvalue weighted by molar-refractivity contribution is 5.80. The molecule has 2 aliphatic heterocycles. The molecule has 0 aromatic carbocycles. The summed E-state index contributed by atoms with van der Waals surface area (Å²) in [4.78, 5) is 7.23. The molecule has 2 unspecified atom stereocenters. The maximum Gasteiger partial charge on any atom is 0.191 e. The van der Waals surface area contributed by atoms with Gasteiger partial charge in [-0.25, -0.2) is 0 Å². The number of aliphatic hydroxyl groups is 1. The lowest BCUT2D eigenvalue weighted by atomic mass is 9.80. The van der Waals surface area contributed by atoms with Gasteiger partial charge < -0.3 is 20.6 Å². The molecule has 0 aromatic heterocycles. The van der Waals surface area contributed by atoms with E-state index in [1.165, 1.54) is 32.1 Å². The molecule has 3 fully saturated rings. The van der Waals surface area contributed by atoms with Crippen LogP contribution in [0, 0.1) is 0 Å². The first-order valence-corrected chi connectivity index (χ1v) is 9.09. The predicted octanol–water partition coefficient (Wildman–Crippen LogP) is 1.47. The maximum absolute atomic E-state index is 10.2. The van der Waals surface area contributed by atoms with Crippen LogP contribution in [0.2, 0.25) is 0 Å². The summed E-state index contributed by atoms with van der Waals surface area (Å²) in [7, 11) is 2.29. The lowest BCUT2D eigenvalue weighted by Crippen LogP contribution is -2.56. The summed E-state index contributed by atoms with van der Waals surface area (Å²) < 4.78 is 0. The number of piperidine rings is 2. The van der Waals surface area contributed by atoms with Crippen molar-refractivity contribution in [1.29, 1.82) is 0 Å². The number of hydrogen-bond donors (Lipinski definition) is 3. The van der Waals surface area contributed by atoms with Crippen LogP contribution in [0.4, 0.5) is 0 Å². The second-order valence-electron chi connectivity index (χ2n) is 7.49. The molecule has 0 spiro atoms. The minimum Gasteiger partial charge on any atom is -0.388 e. The Hall–Kier alpha value is -0.810. The van der Waals surface area contributed by atoms with Gasteiger partial charge in [0.25, 0.3) is 0 Å². The smallest absolute Gasteiger partial charge is 0.191 e. The van der Waals surface area contributed by atoms with E-state index in [1.807, 2.05) is 0 Å². The molecule has 3 aliphatic rings. The van der Waals surface area contributed by atoms with Gasteiger partial charge in [-0.2, -0.15) is 0 Å². The van der Waals surface area contributed by atoms with E-state index in [0.717, 1.165) is 43.9 Å². The van der Waals surface area contributed by atoms with Crippen molar-refractivity contribution in [3.63, 3.8) is 0 Å². The Bertz CT molecular complexity index is 393. The Kier molecular flexibility index (Phi) is 4.93. The second kappa shape index (κ2) is 6.75. The van der Waals surface area contributed by atoms with Crippen molar-refractivity contribution in [3.8, 4) is 0 Å². The Labute approximate surface area is 134 Å². The highest BCUT2D eigenvalue weighted by Crippen LogP contribution is 2.33. The normalized spacial score (nSPS) is 34.9. The van der Waals surface area contributed by atoms with Crippen LogP contribution in [0.25, 0.3) is 0 Å². The van der Waals surface area contributed by atoms with Crippen LogP contribution in [0.1, 0.15) is 58.3 Å². The fourth-order valence-corrected chi connectivity index (χ4v) is 4.22. The lowest BCUT2D eigenvalue weighted by molar-refractivity contribution is -0.0236. The Morgan fingerprint density at radius 2 is 1.91 bits per heavy atom. The van der Waals surface area contributed by atoms with Crippen molar-refractivity contribution in [2.45, 2.75) is 82.0 Å². The zero-order valence-corrected chi connectivity index (χ0v) is 14.1. The van der Waals surface area contributed by atoms with Gasteiger partial charge >= 0.3 is 0 Å². The fourth-order valence-electron chi connectivity index (χ4n) is 4.22. The molecule has 0 amide bonds. The number of nitrogens with zero attached hydrogens (tertiary/aromatic N) is 2. The van der Waals surface area contributed by atoms with E-state index in [9.17, 15) is 5.11 Å². The maximum atomic E-state index is 10.2. The summed E-state index contributed by atoms with van der Waals surface area (Å²) >= 11 is 0. The SMILES string of the molecule is CCNC(=NCC1(O)CCC1)NC1CC2CCCC(C1)N2C. The molecule has 1 saturated carbocycles. The molecule has 126 valence electrons. The van der Waals surface area contributed by atoms with Crippen LogP contribution in [-0.2, 0) is 0 Å². The Balaban J connectivity index is 1.57. The number of nitrogens with one attached hydrogen (secondary N) is 2. The van der Waals surface area contributed by atoms with Crippen molar-refractivity contribution in [2.24, 2.45) is 4.99 Å². The van der Waals surface area contributed by atoms with Gasteiger partial charge in [-0.15, -0.1) is 0 Å². The van der Waals surface area contributed by atoms with E-state index in [1.54, 1.807) is 0 Å². The third-order valence-corrected chi connectivity index (χ3v) is 5.84. The van der Waals surface area contributed by atoms with Gasteiger partial charge in [-0.05, 0) is 58.9 Å². The molecular weight excluding hydrogens is 276 g/mol. The highest BCUT2D eigenvalue weighted by atomic mass is 16.3. The lowest BCUT2D eigenvalue weighted by Gasteiger charge is -2.47. The minimum absolute atomic E-state index is 0.514. The summed E-state index contributed by atoms with van der Waals surface area (Å²) in [6.07, 6.45) is 9.39. The second-order valence-corrected chi connectivity index (χ2v) is 7.49. The third kappa shape index (κ3) is 3.57. The van der Waals surface area contributed by atoms with Gasteiger partial charge in [0.2, 0.25) is 0 Å². The molecule has 2 atom stereocenters. The molecule has 1 aliphatic carbocycles. The van der Waals surface area contributed by atoms with Crippen molar-refractivity contribution >= 4 is 5.96 Å². The number of rotatable bonds is 4. The van der Waals surface area contributed by atoms with E-state index in [0.29, 0.717) is 12.6 Å². The van der Waals surface area contributed by atoms with Crippen molar-refractivity contribution in [1.82, 2.24) is 15.5 Å². The number of guanidine groups is 1. The first kappa shape index (κ1) is 16.1. The molecule has 5 heteroatoms. The van der Waals surface area contributed by atoms with Gasteiger partial charge in [-0.1, -0.05) is 6.42 Å². The van der Waals surface area contributed by atoms with Crippen molar-refractivity contribution in [2.75, 3.05) is 20.1 Å². The summed E-state index contributed by atoms with van der Waals surface area (Å²) in [5.74, 6) is 0.885. The molecule has 0 aromatic rings. The first-order chi connectivity index (χ1) is 10.6. The van der Waals surface area contributed by atoms with E-state index in [4.69, 9.17) is 0 Å². The van der Waals surface area contributed by atoms with Gasteiger partial charge in [0.1, 0.15) is 0 Å². The minimum atomic E-state index is -0.536. The van der Waals surface area contributed by atoms with Crippen LogP contribution in [0.15, 0.2) is 4.99 Å². The molecular formula is C17H32N4O. The average Bonchev–Trinajstić information content (AvgIpc) is 2.44. The van der Waals surface area contributed by atoms with Crippen LogP contribution < -0.4 is 10.6 Å². The average molecular weight is 308 g/mol. The van der Waals surface area contributed by atoms with Gasteiger partial charge in [0.15, 0.2) is 5.96 Å². The predicted molar refractivity (Wildman–Crippen MR) is 90.1 cm³/mol. The highest BCUT2D eigenvalue weighted by Gasteiger charge is 2.37. The Morgan fingerprint density at radius 1 is 1.23 bits per heavy atom. The summed E-state index contributed by atoms with van der Waals surface area (Å²) in [6, 6.07) is 1.97.